The van der Waals surface area contributed by atoms with E-state index in [0.29, 0.717) is 5.56 Å². The minimum absolute atomic E-state index is 0.139. The van der Waals surface area contributed by atoms with Crippen LogP contribution in [0.4, 0.5) is 4.39 Å². The van der Waals surface area contributed by atoms with Crippen molar-refractivity contribution >= 4 is 25.8 Å². The molecule has 0 saturated carbocycles. The molecule has 0 aliphatic rings. The average Bonchev–Trinajstić information content (AvgIpc) is 2.25. The first-order valence-electron chi connectivity index (χ1n) is 4.93. The van der Waals surface area contributed by atoms with Crippen molar-refractivity contribution < 1.29 is 17.5 Å². The molecule has 1 aromatic rings. The Hall–Kier alpha value is -0.620. The summed E-state index contributed by atoms with van der Waals surface area (Å²) in [6.45, 7) is 1.58. The van der Waals surface area contributed by atoms with Gasteiger partial charge in [-0.25, -0.2) is 12.8 Å². The molecule has 3 nitrogen and oxygen atoms in total. The number of rotatable bonds is 4. The van der Waals surface area contributed by atoms with Crippen LogP contribution in [-0.4, -0.2) is 27.0 Å². The van der Waals surface area contributed by atoms with E-state index in [0.717, 1.165) is 6.26 Å². The second-order valence-corrected chi connectivity index (χ2v) is 7.22. The van der Waals surface area contributed by atoms with Crippen molar-refractivity contribution in [3.8, 4) is 5.75 Å². The van der Waals surface area contributed by atoms with Crippen molar-refractivity contribution in [3.63, 3.8) is 0 Å². The Morgan fingerprint density at radius 1 is 1.41 bits per heavy atom. The van der Waals surface area contributed by atoms with E-state index < -0.39 is 25.7 Å². The van der Waals surface area contributed by atoms with Crippen molar-refractivity contribution in [2.24, 2.45) is 0 Å². The molecular formula is C11H14BrFO3S. The molecule has 0 aromatic heterocycles. The van der Waals surface area contributed by atoms with Gasteiger partial charge in [0.15, 0.2) is 21.4 Å². The van der Waals surface area contributed by atoms with Gasteiger partial charge in [0.05, 0.1) is 17.2 Å². The summed E-state index contributed by atoms with van der Waals surface area (Å²) in [6.07, 6.45) is 1.16. The predicted octanol–water partition coefficient (Wildman–Crippen LogP) is 2.70. The zero-order chi connectivity index (χ0) is 13.2. The summed E-state index contributed by atoms with van der Waals surface area (Å²) < 4.78 is 41.1. The lowest BCUT2D eigenvalue weighted by molar-refractivity contribution is 0.386. The highest BCUT2D eigenvalue weighted by atomic mass is 79.9. The van der Waals surface area contributed by atoms with Crippen molar-refractivity contribution in [1.29, 1.82) is 0 Å². The Kier molecular flexibility index (Phi) is 4.55. The summed E-state index contributed by atoms with van der Waals surface area (Å²) in [4.78, 5) is -0.446. The van der Waals surface area contributed by atoms with Crippen LogP contribution in [0.3, 0.4) is 0 Å². The van der Waals surface area contributed by atoms with E-state index in [4.69, 9.17) is 4.74 Å². The molecular weight excluding hydrogens is 311 g/mol. The van der Waals surface area contributed by atoms with E-state index in [1.165, 1.54) is 19.2 Å². The van der Waals surface area contributed by atoms with Crippen LogP contribution in [0.2, 0.25) is 0 Å². The maximum Gasteiger partial charge on any atom is 0.165 e. The molecule has 0 fully saturated rings. The first-order chi connectivity index (χ1) is 7.77. The van der Waals surface area contributed by atoms with Gasteiger partial charge in [0.1, 0.15) is 0 Å². The van der Waals surface area contributed by atoms with Gasteiger partial charge in [-0.1, -0.05) is 22.0 Å². The van der Waals surface area contributed by atoms with Gasteiger partial charge in [-0.05, 0) is 24.6 Å². The van der Waals surface area contributed by atoms with E-state index in [2.05, 4.69) is 15.9 Å². The Morgan fingerprint density at radius 3 is 2.41 bits per heavy atom. The van der Waals surface area contributed by atoms with Crippen molar-refractivity contribution in [2.75, 3.05) is 13.4 Å². The van der Waals surface area contributed by atoms with E-state index in [-0.39, 0.29) is 5.75 Å². The number of hydrogen-bond acceptors (Lipinski definition) is 3. The monoisotopic (exact) mass is 324 g/mol. The van der Waals surface area contributed by atoms with Crippen LogP contribution in [-0.2, 0) is 9.84 Å². The minimum atomic E-state index is -3.18. The normalized spacial score (nSPS) is 15.4. The molecule has 0 radical (unpaired) electrons. The first kappa shape index (κ1) is 14.4. The summed E-state index contributed by atoms with van der Waals surface area (Å²) in [6, 6.07) is 4.40. The van der Waals surface area contributed by atoms with Crippen molar-refractivity contribution in [3.05, 3.63) is 29.6 Å². The SMILES string of the molecule is COc1ccc(C(Br)C(C)S(C)(=O)=O)cc1F. The second kappa shape index (κ2) is 5.35. The molecule has 1 aromatic carbocycles. The first-order valence-corrected chi connectivity index (χ1v) is 7.80. The van der Waals surface area contributed by atoms with E-state index in [1.54, 1.807) is 13.0 Å². The number of halogens is 2. The van der Waals surface area contributed by atoms with Crippen LogP contribution >= 0.6 is 15.9 Å². The van der Waals surface area contributed by atoms with Crippen LogP contribution in [0.15, 0.2) is 18.2 Å². The van der Waals surface area contributed by atoms with Crippen molar-refractivity contribution in [2.45, 2.75) is 17.0 Å². The molecule has 0 spiro atoms. The highest BCUT2D eigenvalue weighted by Gasteiger charge is 2.25. The lowest BCUT2D eigenvalue weighted by Crippen LogP contribution is -2.21. The Balaban J connectivity index is 3.05. The maximum absolute atomic E-state index is 13.5. The smallest absolute Gasteiger partial charge is 0.165 e. The summed E-state index contributed by atoms with van der Waals surface area (Å²) in [7, 11) is -1.80. The Bertz CT molecular complexity index is 501. The second-order valence-electron chi connectivity index (χ2n) is 3.83. The average molecular weight is 325 g/mol. The summed E-state index contributed by atoms with van der Waals surface area (Å²) in [5.74, 6) is -0.365. The summed E-state index contributed by atoms with van der Waals surface area (Å²) in [5, 5.41) is -0.629. The minimum Gasteiger partial charge on any atom is -0.494 e. The largest absolute Gasteiger partial charge is 0.494 e. The van der Waals surface area contributed by atoms with Crippen LogP contribution in [0.25, 0.3) is 0 Å². The molecule has 17 heavy (non-hydrogen) atoms. The van der Waals surface area contributed by atoms with Gasteiger partial charge in [0, 0.05) is 6.26 Å². The zero-order valence-corrected chi connectivity index (χ0v) is 12.2. The third-order valence-electron chi connectivity index (χ3n) is 2.58. The number of benzene rings is 1. The lowest BCUT2D eigenvalue weighted by Gasteiger charge is -2.17. The molecule has 2 atom stereocenters. The molecule has 96 valence electrons. The highest BCUT2D eigenvalue weighted by Crippen LogP contribution is 2.32. The molecule has 0 bridgehead atoms. The third kappa shape index (κ3) is 3.42. The van der Waals surface area contributed by atoms with Crippen LogP contribution in [0.5, 0.6) is 5.75 Å². The van der Waals surface area contributed by atoms with Crippen molar-refractivity contribution in [1.82, 2.24) is 0 Å². The number of sulfone groups is 1. The quantitative estimate of drug-likeness (QED) is 0.800. The molecule has 0 N–H and O–H groups in total. The Morgan fingerprint density at radius 2 is 2.00 bits per heavy atom. The number of hydrogen-bond donors (Lipinski definition) is 0. The fraction of sp³-hybridized carbons (Fsp3) is 0.455. The summed E-state index contributed by atoms with van der Waals surface area (Å²) >= 11 is 3.28. The van der Waals surface area contributed by atoms with Gasteiger partial charge in [-0.2, -0.15) is 0 Å². The lowest BCUT2D eigenvalue weighted by atomic mass is 10.1. The third-order valence-corrected chi connectivity index (χ3v) is 5.88. The molecule has 6 heteroatoms. The fourth-order valence-corrected chi connectivity index (χ4v) is 3.39. The number of methoxy groups -OCH3 is 1. The van der Waals surface area contributed by atoms with Gasteiger partial charge in [-0.15, -0.1) is 0 Å². The fourth-order valence-electron chi connectivity index (χ4n) is 1.34. The van der Waals surface area contributed by atoms with Gasteiger partial charge in [-0.3, -0.25) is 0 Å². The highest BCUT2D eigenvalue weighted by molar-refractivity contribution is 9.09. The number of ether oxygens (including phenoxy) is 1. The molecule has 2 unspecified atom stereocenters. The van der Waals surface area contributed by atoms with E-state index in [9.17, 15) is 12.8 Å². The Labute approximate surface area is 109 Å². The molecule has 0 saturated heterocycles. The molecule has 0 aliphatic heterocycles. The standard InChI is InChI=1S/C11H14BrFO3S/c1-7(17(3,14)15)11(12)8-4-5-10(16-2)9(13)6-8/h4-7,11H,1-3H3. The van der Waals surface area contributed by atoms with Gasteiger partial charge < -0.3 is 4.74 Å². The zero-order valence-electron chi connectivity index (χ0n) is 9.78. The predicted molar refractivity (Wildman–Crippen MR) is 68.9 cm³/mol. The number of alkyl halides is 1. The van der Waals surface area contributed by atoms with Crippen LogP contribution in [0, 0.1) is 5.82 Å². The van der Waals surface area contributed by atoms with E-state index in [1.807, 2.05) is 0 Å². The molecule has 0 amide bonds. The van der Waals surface area contributed by atoms with Crippen LogP contribution < -0.4 is 4.74 Å². The maximum atomic E-state index is 13.5. The molecule has 1 rings (SSSR count). The summed E-state index contributed by atoms with van der Waals surface area (Å²) in [5.41, 5.74) is 0.571. The van der Waals surface area contributed by atoms with Gasteiger partial charge >= 0.3 is 0 Å². The van der Waals surface area contributed by atoms with Crippen LogP contribution in [0.1, 0.15) is 17.3 Å². The molecule has 0 aliphatic carbocycles. The topological polar surface area (TPSA) is 43.4 Å². The van der Waals surface area contributed by atoms with Gasteiger partial charge in [0.25, 0.3) is 0 Å². The van der Waals surface area contributed by atoms with Gasteiger partial charge in [0.2, 0.25) is 0 Å². The van der Waals surface area contributed by atoms with E-state index >= 15 is 0 Å². The molecule has 0 heterocycles.